The van der Waals surface area contributed by atoms with E-state index < -0.39 is 12.2 Å². The van der Waals surface area contributed by atoms with Gasteiger partial charge in [0.1, 0.15) is 11.5 Å². The molecule has 0 aromatic heterocycles. The molecular formula is C15H25NO4. The maximum absolute atomic E-state index is 10.2. The van der Waals surface area contributed by atoms with E-state index in [4.69, 9.17) is 9.47 Å². The van der Waals surface area contributed by atoms with Gasteiger partial charge >= 0.3 is 0 Å². The van der Waals surface area contributed by atoms with Crippen molar-refractivity contribution in [2.24, 2.45) is 5.92 Å². The molecule has 0 aliphatic heterocycles. The van der Waals surface area contributed by atoms with E-state index >= 15 is 0 Å². The topological polar surface area (TPSA) is 71.0 Å². The van der Waals surface area contributed by atoms with Crippen LogP contribution in [0.3, 0.4) is 0 Å². The SMILES string of the molecule is COc1ccc(OC)c(C(O)CNCC(O)C(C)C)c1. The number of aliphatic hydroxyl groups is 2. The molecular weight excluding hydrogens is 258 g/mol. The van der Waals surface area contributed by atoms with Gasteiger partial charge < -0.3 is 25.0 Å². The van der Waals surface area contributed by atoms with E-state index in [1.165, 1.54) is 0 Å². The maximum atomic E-state index is 10.2. The molecule has 1 rings (SSSR count). The Labute approximate surface area is 120 Å². The molecule has 0 saturated heterocycles. The predicted molar refractivity (Wildman–Crippen MR) is 78.2 cm³/mol. The lowest BCUT2D eigenvalue weighted by atomic mass is 10.1. The summed E-state index contributed by atoms with van der Waals surface area (Å²) in [5.74, 6) is 1.47. The quantitative estimate of drug-likeness (QED) is 0.671. The Kier molecular flexibility index (Phi) is 6.78. The zero-order valence-electron chi connectivity index (χ0n) is 12.6. The molecule has 0 spiro atoms. The fourth-order valence-corrected chi connectivity index (χ4v) is 1.81. The number of benzene rings is 1. The second-order valence-corrected chi connectivity index (χ2v) is 5.09. The van der Waals surface area contributed by atoms with Gasteiger partial charge in [0.2, 0.25) is 0 Å². The van der Waals surface area contributed by atoms with E-state index in [1.807, 2.05) is 13.8 Å². The van der Waals surface area contributed by atoms with E-state index in [9.17, 15) is 10.2 Å². The molecule has 0 aliphatic carbocycles. The van der Waals surface area contributed by atoms with E-state index in [1.54, 1.807) is 32.4 Å². The Bertz CT molecular complexity index is 409. The monoisotopic (exact) mass is 283 g/mol. The van der Waals surface area contributed by atoms with Crippen molar-refractivity contribution < 1.29 is 19.7 Å². The smallest absolute Gasteiger partial charge is 0.124 e. The van der Waals surface area contributed by atoms with Crippen LogP contribution in [0.5, 0.6) is 11.5 Å². The first-order valence-electron chi connectivity index (χ1n) is 6.78. The van der Waals surface area contributed by atoms with Crippen molar-refractivity contribution in [1.82, 2.24) is 5.32 Å². The fraction of sp³-hybridized carbons (Fsp3) is 0.600. The van der Waals surface area contributed by atoms with Crippen molar-refractivity contribution in [3.8, 4) is 11.5 Å². The van der Waals surface area contributed by atoms with Crippen LogP contribution in [0.1, 0.15) is 25.5 Å². The van der Waals surface area contributed by atoms with Crippen LogP contribution in [-0.4, -0.2) is 43.6 Å². The van der Waals surface area contributed by atoms with Gasteiger partial charge in [0.25, 0.3) is 0 Å². The summed E-state index contributed by atoms with van der Waals surface area (Å²) in [4.78, 5) is 0. The van der Waals surface area contributed by atoms with Crippen molar-refractivity contribution in [2.75, 3.05) is 27.3 Å². The number of nitrogens with one attached hydrogen (secondary N) is 1. The number of aliphatic hydroxyl groups excluding tert-OH is 2. The number of hydrogen-bond donors (Lipinski definition) is 3. The maximum Gasteiger partial charge on any atom is 0.124 e. The van der Waals surface area contributed by atoms with Gasteiger partial charge in [0, 0.05) is 18.7 Å². The molecule has 1 aromatic carbocycles. The number of ether oxygens (including phenoxy) is 2. The molecule has 0 aliphatic rings. The van der Waals surface area contributed by atoms with Gasteiger partial charge in [0.05, 0.1) is 26.4 Å². The van der Waals surface area contributed by atoms with Gasteiger partial charge in [-0.15, -0.1) is 0 Å². The zero-order valence-corrected chi connectivity index (χ0v) is 12.6. The molecule has 0 radical (unpaired) electrons. The van der Waals surface area contributed by atoms with Crippen molar-refractivity contribution in [3.63, 3.8) is 0 Å². The van der Waals surface area contributed by atoms with Crippen LogP contribution in [0.25, 0.3) is 0 Å². The molecule has 5 heteroatoms. The summed E-state index contributed by atoms with van der Waals surface area (Å²) in [7, 11) is 3.14. The second kappa shape index (κ2) is 8.09. The normalized spacial score (nSPS) is 14.2. The van der Waals surface area contributed by atoms with Crippen molar-refractivity contribution in [3.05, 3.63) is 23.8 Å². The van der Waals surface area contributed by atoms with E-state index in [0.717, 1.165) is 0 Å². The van der Waals surface area contributed by atoms with Gasteiger partial charge in [-0.2, -0.15) is 0 Å². The van der Waals surface area contributed by atoms with Crippen LogP contribution >= 0.6 is 0 Å². The molecule has 2 atom stereocenters. The Balaban J connectivity index is 2.64. The van der Waals surface area contributed by atoms with Crippen LogP contribution in [-0.2, 0) is 0 Å². The molecule has 20 heavy (non-hydrogen) atoms. The third-order valence-electron chi connectivity index (χ3n) is 3.26. The average molecular weight is 283 g/mol. The second-order valence-electron chi connectivity index (χ2n) is 5.09. The Hall–Kier alpha value is -1.30. The summed E-state index contributed by atoms with van der Waals surface area (Å²) in [5, 5.41) is 23.0. The highest BCUT2D eigenvalue weighted by Crippen LogP contribution is 2.29. The summed E-state index contributed by atoms with van der Waals surface area (Å²) >= 11 is 0. The first kappa shape index (κ1) is 16.8. The number of hydrogen-bond acceptors (Lipinski definition) is 5. The summed E-state index contributed by atoms with van der Waals surface area (Å²) < 4.78 is 10.4. The minimum Gasteiger partial charge on any atom is -0.497 e. The lowest BCUT2D eigenvalue weighted by molar-refractivity contribution is 0.113. The third-order valence-corrected chi connectivity index (χ3v) is 3.26. The number of methoxy groups -OCH3 is 2. The molecule has 1 aromatic rings. The molecule has 114 valence electrons. The van der Waals surface area contributed by atoms with Crippen LogP contribution < -0.4 is 14.8 Å². The van der Waals surface area contributed by atoms with Crippen LogP contribution in [0.4, 0.5) is 0 Å². The highest BCUT2D eigenvalue weighted by atomic mass is 16.5. The Morgan fingerprint density at radius 1 is 1.10 bits per heavy atom. The van der Waals surface area contributed by atoms with Gasteiger partial charge in [-0.3, -0.25) is 0 Å². The summed E-state index contributed by atoms with van der Waals surface area (Å²) in [6.45, 7) is 4.69. The molecule has 0 fully saturated rings. The Morgan fingerprint density at radius 2 is 1.80 bits per heavy atom. The average Bonchev–Trinajstić information content (AvgIpc) is 2.45. The minimum atomic E-state index is -0.723. The molecule has 3 N–H and O–H groups in total. The van der Waals surface area contributed by atoms with Crippen molar-refractivity contribution >= 4 is 0 Å². The molecule has 0 amide bonds. The van der Waals surface area contributed by atoms with Gasteiger partial charge in [-0.1, -0.05) is 13.8 Å². The summed E-state index contributed by atoms with van der Waals surface area (Å²) in [6.07, 6.45) is -1.14. The Morgan fingerprint density at radius 3 is 2.35 bits per heavy atom. The third kappa shape index (κ3) is 4.67. The summed E-state index contributed by atoms with van der Waals surface area (Å²) in [5.41, 5.74) is 0.665. The van der Waals surface area contributed by atoms with Gasteiger partial charge in [-0.25, -0.2) is 0 Å². The number of rotatable bonds is 8. The molecule has 0 heterocycles. The largest absolute Gasteiger partial charge is 0.497 e. The molecule has 0 saturated carbocycles. The van der Waals surface area contributed by atoms with Crippen LogP contribution in [0.2, 0.25) is 0 Å². The highest BCUT2D eigenvalue weighted by molar-refractivity contribution is 5.41. The van der Waals surface area contributed by atoms with Crippen LogP contribution in [0, 0.1) is 5.92 Å². The van der Waals surface area contributed by atoms with E-state index in [2.05, 4.69) is 5.32 Å². The lowest BCUT2D eigenvalue weighted by Gasteiger charge is -2.19. The molecule has 0 bridgehead atoms. The highest BCUT2D eigenvalue weighted by Gasteiger charge is 2.15. The fourth-order valence-electron chi connectivity index (χ4n) is 1.81. The standard InChI is InChI=1S/C15H25NO4/c1-10(2)13(17)8-16-9-14(18)12-7-11(19-3)5-6-15(12)20-4/h5-7,10,13-14,16-18H,8-9H2,1-4H3. The summed E-state index contributed by atoms with van der Waals surface area (Å²) in [6, 6.07) is 5.30. The first-order chi connectivity index (χ1) is 9.49. The van der Waals surface area contributed by atoms with E-state index in [-0.39, 0.29) is 5.92 Å². The van der Waals surface area contributed by atoms with Crippen molar-refractivity contribution in [2.45, 2.75) is 26.1 Å². The molecule has 2 unspecified atom stereocenters. The van der Waals surface area contributed by atoms with Gasteiger partial charge in [0.15, 0.2) is 0 Å². The zero-order chi connectivity index (χ0) is 15.1. The van der Waals surface area contributed by atoms with Gasteiger partial charge in [-0.05, 0) is 24.1 Å². The lowest BCUT2D eigenvalue weighted by Crippen LogP contribution is -2.33. The predicted octanol–water partition coefficient (Wildman–Crippen LogP) is 1.34. The molecule has 5 nitrogen and oxygen atoms in total. The minimum absolute atomic E-state index is 0.186. The first-order valence-corrected chi connectivity index (χ1v) is 6.78. The van der Waals surface area contributed by atoms with E-state index in [0.29, 0.717) is 30.2 Å². The van der Waals surface area contributed by atoms with Crippen molar-refractivity contribution in [1.29, 1.82) is 0 Å². The van der Waals surface area contributed by atoms with Crippen LogP contribution in [0.15, 0.2) is 18.2 Å².